The summed E-state index contributed by atoms with van der Waals surface area (Å²) in [5.74, 6) is 0.233. The molecule has 0 spiro atoms. The molecule has 1 aromatic carbocycles. The maximum atomic E-state index is 13.6. The van der Waals surface area contributed by atoms with Crippen LogP contribution in [-0.4, -0.2) is 16.7 Å². The number of aryl methyl sites for hydroxylation is 1. The summed E-state index contributed by atoms with van der Waals surface area (Å²) in [4.78, 5) is 4.14. The van der Waals surface area contributed by atoms with E-state index in [0.29, 0.717) is 17.9 Å². The van der Waals surface area contributed by atoms with Gasteiger partial charge in [0.15, 0.2) is 0 Å². The summed E-state index contributed by atoms with van der Waals surface area (Å²) in [6.07, 6.45) is 0.376. The Morgan fingerprint density at radius 2 is 2.24 bits per heavy atom. The highest BCUT2D eigenvalue weighted by atomic mass is 35.5. The molecule has 5 heteroatoms. The number of hydrogen-bond acceptors (Lipinski definition) is 3. The molecule has 0 aliphatic carbocycles. The fourth-order valence-electron chi connectivity index (χ4n) is 1.57. The molecule has 0 aliphatic heterocycles. The molecule has 2 rings (SSSR count). The Bertz CT molecular complexity index is 519. The minimum absolute atomic E-state index is 0.0299. The summed E-state index contributed by atoms with van der Waals surface area (Å²) >= 11 is 5.91. The Balaban J connectivity index is 2.50. The lowest BCUT2D eigenvalue weighted by atomic mass is 10.2. The van der Waals surface area contributed by atoms with Gasteiger partial charge in [0.2, 0.25) is 5.89 Å². The van der Waals surface area contributed by atoms with Gasteiger partial charge in [-0.25, -0.2) is 9.37 Å². The van der Waals surface area contributed by atoms with Crippen LogP contribution in [0.5, 0.6) is 0 Å². The van der Waals surface area contributed by atoms with Gasteiger partial charge in [0.05, 0.1) is 16.3 Å². The number of aliphatic hydroxyl groups excluding tert-OH is 1. The highest BCUT2D eigenvalue weighted by molar-refractivity contribution is 6.33. The lowest BCUT2D eigenvalue weighted by molar-refractivity contribution is 0.297. The van der Waals surface area contributed by atoms with Crippen LogP contribution < -0.4 is 0 Å². The number of hydrogen-bond donors (Lipinski definition) is 1. The molecule has 17 heavy (non-hydrogen) atoms. The van der Waals surface area contributed by atoms with Crippen LogP contribution in [0.4, 0.5) is 4.39 Å². The number of halogens is 2. The summed E-state index contributed by atoms with van der Waals surface area (Å²) in [5.41, 5.74) is 0.767. The minimum Gasteiger partial charge on any atom is -0.441 e. The van der Waals surface area contributed by atoms with Gasteiger partial charge < -0.3 is 9.52 Å². The van der Waals surface area contributed by atoms with Crippen LogP contribution in [0.15, 0.2) is 22.6 Å². The van der Waals surface area contributed by atoms with E-state index < -0.39 is 5.82 Å². The van der Waals surface area contributed by atoms with Crippen molar-refractivity contribution in [1.29, 1.82) is 0 Å². The van der Waals surface area contributed by atoms with Gasteiger partial charge in [0.25, 0.3) is 0 Å². The summed E-state index contributed by atoms with van der Waals surface area (Å²) in [6, 6.07) is 4.39. The molecule has 0 bridgehead atoms. The second-order valence-corrected chi connectivity index (χ2v) is 4.00. The molecular weight excluding hydrogens is 245 g/mol. The standard InChI is InChI=1S/C12H11ClFNO2/c1-7-10(5-6-16)15-12(17-7)11-8(13)3-2-4-9(11)14/h2-4,16H,5-6H2,1H3. The van der Waals surface area contributed by atoms with E-state index in [9.17, 15) is 4.39 Å². The molecule has 0 fully saturated rings. The Labute approximate surface area is 103 Å². The largest absolute Gasteiger partial charge is 0.441 e. The Hall–Kier alpha value is -1.39. The van der Waals surface area contributed by atoms with Crippen LogP contribution in [-0.2, 0) is 6.42 Å². The number of rotatable bonds is 3. The van der Waals surface area contributed by atoms with E-state index in [4.69, 9.17) is 21.1 Å². The van der Waals surface area contributed by atoms with E-state index in [2.05, 4.69) is 4.98 Å². The third kappa shape index (κ3) is 2.33. The number of oxazole rings is 1. The molecule has 0 amide bonds. The van der Waals surface area contributed by atoms with Gasteiger partial charge in [-0.05, 0) is 19.1 Å². The van der Waals surface area contributed by atoms with Gasteiger partial charge in [-0.15, -0.1) is 0 Å². The van der Waals surface area contributed by atoms with Crippen molar-refractivity contribution in [1.82, 2.24) is 4.98 Å². The molecule has 0 unspecified atom stereocenters. The maximum Gasteiger partial charge on any atom is 0.230 e. The topological polar surface area (TPSA) is 46.3 Å². The first kappa shape index (κ1) is 12.1. The molecule has 1 heterocycles. The molecule has 0 saturated carbocycles. The van der Waals surface area contributed by atoms with E-state index in [0.717, 1.165) is 0 Å². The third-order valence-corrected chi connectivity index (χ3v) is 2.73. The van der Waals surface area contributed by atoms with E-state index in [1.54, 1.807) is 13.0 Å². The average molecular weight is 256 g/mol. The van der Waals surface area contributed by atoms with E-state index in [1.807, 2.05) is 0 Å². The van der Waals surface area contributed by atoms with Gasteiger partial charge in [0.1, 0.15) is 11.6 Å². The molecule has 0 atom stereocenters. The zero-order valence-corrected chi connectivity index (χ0v) is 9.96. The Morgan fingerprint density at radius 1 is 1.47 bits per heavy atom. The number of aliphatic hydroxyl groups is 1. The average Bonchev–Trinajstić information content (AvgIpc) is 2.60. The molecular formula is C12H11ClFNO2. The molecule has 0 saturated heterocycles. The maximum absolute atomic E-state index is 13.6. The minimum atomic E-state index is -0.478. The lowest BCUT2D eigenvalue weighted by Gasteiger charge is -2.00. The third-order valence-electron chi connectivity index (χ3n) is 2.42. The van der Waals surface area contributed by atoms with Crippen molar-refractivity contribution >= 4 is 11.6 Å². The zero-order chi connectivity index (χ0) is 12.4. The molecule has 2 aromatic rings. The molecule has 1 N–H and O–H groups in total. The smallest absolute Gasteiger partial charge is 0.230 e. The monoisotopic (exact) mass is 255 g/mol. The van der Waals surface area contributed by atoms with Gasteiger partial charge in [-0.3, -0.25) is 0 Å². The van der Waals surface area contributed by atoms with Gasteiger partial charge in [-0.2, -0.15) is 0 Å². The fourth-order valence-corrected chi connectivity index (χ4v) is 1.82. The van der Waals surface area contributed by atoms with E-state index in [-0.39, 0.29) is 23.1 Å². The van der Waals surface area contributed by atoms with Gasteiger partial charge in [0, 0.05) is 13.0 Å². The highest BCUT2D eigenvalue weighted by Crippen LogP contribution is 2.31. The second kappa shape index (κ2) is 4.85. The predicted octanol–water partition coefficient (Wildman–Crippen LogP) is 2.98. The van der Waals surface area contributed by atoms with E-state index >= 15 is 0 Å². The van der Waals surface area contributed by atoms with Crippen molar-refractivity contribution < 1.29 is 13.9 Å². The summed E-state index contributed by atoms with van der Waals surface area (Å²) in [6.45, 7) is 1.69. The normalized spacial score (nSPS) is 10.8. The molecule has 0 aliphatic rings. The van der Waals surface area contributed by atoms with Crippen LogP contribution >= 0.6 is 11.6 Å². The Morgan fingerprint density at radius 3 is 2.88 bits per heavy atom. The fraction of sp³-hybridized carbons (Fsp3) is 0.250. The first-order valence-electron chi connectivity index (χ1n) is 5.15. The molecule has 0 radical (unpaired) electrons. The predicted molar refractivity (Wildman–Crippen MR) is 62.4 cm³/mol. The lowest BCUT2D eigenvalue weighted by Crippen LogP contribution is -1.93. The van der Waals surface area contributed by atoms with Crippen molar-refractivity contribution in [3.63, 3.8) is 0 Å². The first-order valence-corrected chi connectivity index (χ1v) is 5.53. The van der Waals surface area contributed by atoms with Crippen LogP contribution in [0.3, 0.4) is 0 Å². The molecule has 3 nitrogen and oxygen atoms in total. The molecule has 90 valence electrons. The van der Waals surface area contributed by atoms with Crippen molar-refractivity contribution in [3.05, 3.63) is 40.5 Å². The summed E-state index contributed by atoms with van der Waals surface area (Å²) < 4.78 is 19.0. The van der Waals surface area contributed by atoms with Gasteiger partial charge >= 0.3 is 0 Å². The van der Waals surface area contributed by atoms with Crippen LogP contribution in [0, 0.1) is 12.7 Å². The SMILES string of the molecule is Cc1oc(-c2c(F)cccc2Cl)nc1CCO. The molecule has 1 aromatic heterocycles. The summed E-state index contributed by atoms with van der Waals surface area (Å²) in [5, 5.41) is 9.10. The quantitative estimate of drug-likeness (QED) is 0.917. The Kier molecular flexibility index (Phi) is 3.45. The van der Waals surface area contributed by atoms with Crippen molar-refractivity contribution in [2.45, 2.75) is 13.3 Å². The van der Waals surface area contributed by atoms with Crippen LogP contribution in [0.1, 0.15) is 11.5 Å². The van der Waals surface area contributed by atoms with Crippen molar-refractivity contribution in [2.24, 2.45) is 0 Å². The second-order valence-electron chi connectivity index (χ2n) is 3.59. The highest BCUT2D eigenvalue weighted by Gasteiger charge is 2.17. The van der Waals surface area contributed by atoms with Crippen molar-refractivity contribution in [2.75, 3.05) is 6.61 Å². The first-order chi connectivity index (χ1) is 8.13. The number of aromatic nitrogens is 1. The number of benzene rings is 1. The summed E-state index contributed by atoms with van der Waals surface area (Å²) in [7, 11) is 0. The van der Waals surface area contributed by atoms with Gasteiger partial charge in [-0.1, -0.05) is 17.7 Å². The zero-order valence-electron chi connectivity index (χ0n) is 9.20. The van der Waals surface area contributed by atoms with E-state index in [1.165, 1.54) is 12.1 Å². The van der Waals surface area contributed by atoms with Crippen LogP contribution in [0.2, 0.25) is 5.02 Å². The van der Waals surface area contributed by atoms with Crippen LogP contribution in [0.25, 0.3) is 11.5 Å². The van der Waals surface area contributed by atoms with Crippen molar-refractivity contribution in [3.8, 4) is 11.5 Å². The number of nitrogens with zero attached hydrogens (tertiary/aromatic N) is 1.